The molecule has 0 radical (unpaired) electrons. The van der Waals surface area contributed by atoms with Crippen LogP contribution in [0.3, 0.4) is 0 Å². The number of halogens is 2. The molecule has 0 aliphatic heterocycles. The van der Waals surface area contributed by atoms with E-state index < -0.39 is 0 Å². The maximum Gasteiger partial charge on any atom is 0.0283 e. The van der Waals surface area contributed by atoms with Crippen LogP contribution in [0.5, 0.6) is 0 Å². The summed E-state index contributed by atoms with van der Waals surface area (Å²) in [6, 6.07) is 8.63. The lowest BCUT2D eigenvalue weighted by Gasteiger charge is -2.31. The lowest BCUT2D eigenvalue weighted by Crippen LogP contribution is -2.25. The summed E-state index contributed by atoms with van der Waals surface area (Å²) in [5.41, 5.74) is 1.68. The molecule has 1 rings (SSSR count). The van der Waals surface area contributed by atoms with Gasteiger partial charge in [-0.25, -0.2) is 0 Å². The topological polar surface area (TPSA) is 0 Å². The van der Waals surface area contributed by atoms with E-state index in [2.05, 4.69) is 54.0 Å². The Balaban J connectivity index is 2.74. The fourth-order valence-corrected chi connectivity index (χ4v) is 2.87. The van der Waals surface area contributed by atoms with E-state index in [-0.39, 0.29) is 5.41 Å². The molecule has 96 valence electrons. The van der Waals surface area contributed by atoms with Gasteiger partial charge in [0.1, 0.15) is 0 Å². The summed E-state index contributed by atoms with van der Waals surface area (Å²) >= 11 is 9.71. The first-order valence-electron chi connectivity index (χ1n) is 6.46. The zero-order valence-electron chi connectivity index (χ0n) is 10.8. The van der Waals surface area contributed by atoms with E-state index in [9.17, 15) is 0 Å². The number of unbranched alkanes of at least 4 members (excludes halogenated alkanes) is 1. The SMILES string of the molecule is CCCCC(CC)(CCl)Cc1ccc(Br)cc1. The predicted molar refractivity (Wildman–Crippen MR) is 80.8 cm³/mol. The Morgan fingerprint density at radius 2 is 1.82 bits per heavy atom. The van der Waals surface area contributed by atoms with E-state index in [1.54, 1.807) is 0 Å². The van der Waals surface area contributed by atoms with Crippen LogP contribution in [0.2, 0.25) is 0 Å². The summed E-state index contributed by atoms with van der Waals surface area (Å²) < 4.78 is 1.14. The molecule has 1 atom stereocenters. The summed E-state index contributed by atoms with van der Waals surface area (Å²) in [4.78, 5) is 0. The Morgan fingerprint density at radius 1 is 1.18 bits per heavy atom. The average molecular weight is 318 g/mol. The van der Waals surface area contributed by atoms with Crippen LogP contribution < -0.4 is 0 Å². The molecule has 1 unspecified atom stereocenters. The van der Waals surface area contributed by atoms with E-state index in [1.807, 2.05) is 0 Å². The minimum absolute atomic E-state index is 0.283. The highest BCUT2D eigenvalue weighted by Gasteiger charge is 2.26. The third kappa shape index (κ3) is 4.63. The zero-order valence-corrected chi connectivity index (χ0v) is 13.1. The van der Waals surface area contributed by atoms with E-state index in [0.29, 0.717) is 0 Å². The number of alkyl halides is 1. The van der Waals surface area contributed by atoms with Crippen molar-refractivity contribution in [3.63, 3.8) is 0 Å². The number of benzene rings is 1. The molecule has 0 aromatic heterocycles. The second kappa shape index (κ2) is 7.43. The minimum Gasteiger partial charge on any atom is -0.126 e. The van der Waals surface area contributed by atoms with Crippen LogP contribution in [0.15, 0.2) is 28.7 Å². The molecule has 0 nitrogen and oxygen atoms in total. The van der Waals surface area contributed by atoms with Crippen LogP contribution in [0.25, 0.3) is 0 Å². The van der Waals surface area contributed by atoms with Gasteiger partial charge in [0, 0.05) is 10.4 Å². The van der Waals surface area contributed by atoms with Gasteiger partial charge in [-0.3, -0.25) is 0 Å². The lowest BCUT2D eigenvalue weighted by atomic mass is 9.77. The van der Waals surface area contributed by atoms with Crippen LogP contribution in [0.4, 0.5) is 0 Å². The number of hydrogen-bond donors (Lipinski definition) is 0. The Morgan fingerprint density at radius 3 is 2.29 bits per heavy atom. The van der Waals surface area contributed by atoms with Gasteiger partial charge in [-0.15, -0.1) is 11.6 Å². The van der Waals surface area contributed by atoms with Gasteiger partial charge in [0.05, 0.1) is 0 Å². The van der Waals surface area contributed by atoms with Crippen molar-refractivity contribution in [1.82, 2.24) is 0 Å². The molecule has 0 heterocycles. The molecular weight excluding hydrogens is 296 g/mol. The maximum absolute atomic E-state index is 6.23. The van der Waals surface area contributed by atoms with Crippen LogP contribution in [-0.2, 0) is 6.42 Å². The molecular formula is C15H22BrCl. The van der Waals surface area contributed by atoms with Crippen molar-refractivity contribution in [3.05, 3.63) is 34.3 Å². The summed E-state index contributed by atoms with van der Waals surface area (Å²) in [6.07, 6.45) is 6.02. The molecule has 0 N–H and O–H groups in total. The lowest BCUT2D eigenvalue weighted by molar-refractivity contribution is 0.279. The van der Waals surface area contributed by atoms with Crippen LogP contribution >= 0.6 is 27.5 Å². The van der Waals surface area contributed by atoms with Crippen molar-refractivity contribution in [2.24, 2.45) is 5.41 Å². The highest BCUT2D eigenvalue weighted by atomic mass is 79.9. The fourth-order valence-electron chi connectivity index (χ4n) is 2.19. The van der Waals surface area contributed by atoms with Crippen molar-refractivity contribution in [1.29, 1.82) is 0 Å². The first-order chi connectivity index (χ1) is 8.15. The van der Waals surface area contributed by atoms with Crippen molar-refractivity contribution in [3.8, 4) is 0 Å². The van der Waals surface area contributed by atoms with Gasteiger partial charge >= 0.3 is 0 Å². The highest BCUT2D eigenvalue weighted by Crippen LogP contribution is 2.34. The van der Waals surface area contributed by atoms with E-state index in [1.165, 1.54) is 24.8 Å². The third-order valence-corrected chi connectivity index (χ3v) is 4.68. The standard InChI is InChI=1S/C15H22BrCl/c1-3-5-10-15(4-2,12-17)11-13-6-8-14(16)9-7-13/h6-9H,3-5,10-12H2,1-2H3. The van der Waals surface area contributed by atoms with E-state index in [0.717, 1.165) is 23.2 Å². The summed E-state index contributed by atoms with van der Waals surface area (Å²) in [6.45, 7) is 4.51. The average Bonchev–Trinajstić information content (AvgIpc) is 2.37. The fraction of sp³-hybridized carbons (Fsp3) is 0.600. The number of hydrogen-bond acceptors (Lipinski definition) is 0. The Labute approximate surface area is 119 Å². The second-order valence-electron chi connectivity index (χ2n) is 4.89. The Kier molecular flexibility index (Phi) is 6.58. The molecule has 0 bridgehead atoms. The molecule has 0 aliphatic rings. The quantitative estimate of drug-likeness (QED) is 0.556. The second-order valence-corrected chi connectivity index (χ2v) is 6.08. The van der Waals surface area contributed by atoms with Gasteiger partial charge in [-0.05, 0) is 42.4 Å². The zero-order chi connectivity index (χ0) is 12.7. The largest absolute Gasteiger partial charge is 0.126 e. The molecule has 0 saturated heterocycles. The van der Waals surface area contributed by atoms with Gasteiger partial charge < -0.3 is 0 Å². The van der Waals surface area contributed by atoms with Gasteiger partial charge in [0.25, 0.3) is 0 Å². The molecule has 0 aliphatic carbocycles. The van der Waals surface area contributed by atoms with Crippen molar-refractivity contribution in [2.45, 2.75) is 46.0 Å². The Bertz CT molecular complexity index is 314. The summed E-state index contributed by atoms with van der Waals surface area (Å²) in [5, 5.41) is 0. The molecule has 0 fully saturated rings. The predicted octanol–water partition coefficient (Wildman–Crippen LogP) is 5.82. The molecule has 17 heavy (non-hydrogen) atoms. The van der Waals surface area contributed by atoms with Gasteiger partial charge in [0.15, 0.2) is 0 Å². The van der Waals surface area contributed by atoms with Crippen LogP contribution in [-0.4, -0.2) is 5.88 Å². The Hall–Kier alpha value is -0.0100. The maximum atomic E-state index is 6.23. The molecule has 1 aromatic carbocycles. The molecule has 1 aromatic rings. The molecule has 0 saturated carbocycles. The third-order valence-electron chi connectivity index (χ3n) is 3.59. The normalized spacial score (nSPS) is 14.6. The monoisotopic (exact) mass is 316 g/mol. The molecule has 2 heteroatoms. The summed E-state index contributed by atoms with van der Waals surface area (Å²) in [5.74, 6) is 0.763. The summed E-state index contributed by atoms with van der Waals surface area (Å²) in [7, 11) is 0. The van der Waals surface area contributed by atoms with Crippen molar-refractivity contribution in [2.75, 3.05) is 5.88 Å². The van der Waals surface area contributed by atoms with E-state index >= 15 is 0 Å². The highest BCUT2D eigenvalue weighted by molar-refractivity contribution is 9.10. The van der Waals surface area contributed by atoms with Crippen LogP contribution in [0.1, 0.15) is 45.1 Å². The smallest absolute Gasteiger partial charge is 0.0283 e. The number of rotatable bonds is 7. The molecule has 0 amide bonds. The van der Waals surface area contributed by atoms with Gasteiger partial charge in [-0.2, -0.15) is 0 Å². The first-order valence-corrected chi connectivity index (χ1v) is 7.79. The van der Waals surface area contributed by atoms with Crippen LogP contribution in [0, 0.1) is 5.41 Å². The van der Waals surface area contributed by atoms with Gasteiger partial charge in [0.2, 0.25) is 0 Å². The van der Waals surface area contributed by atoms with Crippen molar-refractivity contribution >= 4 is 27.5 Å². The first kappa shape index (κ1) is 15.0. The van der Waals surface area contributed by atoms with Gasteiger partial charge in [-0.1, -0.05) is 54.8 Å². The molecule has 0 spiro atoms. The minimum atomic E-state index is 0.283. The van der Waals surface area contributed by atoms with E-state index in [4.69, 9.17) is 11.6 Å². The van der Waals surface area contributed by atoms with Crippen molar-refractivity contribution < 1.29 is 0 Å².